The number of rotatable bonds is 8. The second-order valence-electron chi connectivity index (χ2n) is 4.06. The van der Waals surface area contributed by atoms with Crippen LogP contribution in [0.3, 0.4) is 0 Å². The maximum absolute atomic E-state index is 5.69. The van der Waals surface area contributed by atoms with Crippen molar-refractivity contribution in [3.05, 3.63) is 0 Å². The van der Waals surface area contributed by atoms with Crippen LogP contribution < -0.4 is 5.73 Å². The van der Waals surface area contributed by atoms with Crippen molar-refractivity contribution in [1.29, 1.82) is 0 Å². The standard InChI is InChI=1S/C11H22N2O2S/c1-14-7-3-8-15-9-6-13-5-2-4-10(13)11(12)16/h10H,2-9H2,1H3,(H2,12,16). The maximum Gasteiger partial charge on any atom is 0.0902 e. The summed E-state index contributed by atoms with van der Waals surface area (Å²) in [4.78, 5) is 2.94. The van der Waals surface area contributed by atoms with E-state index in [0.717, 1.165) is 45.8 Å². The van der Waals surface area contributed by atoms with E-state index >= 15 is 0 Å². The van der Waals surface area contributed by atoms with E-state index in [1.807, 2.05) is 0 Å². The van der Waals surface area contributed by atoms with Gasteiger partial charge in [-0.1, -0.05) is 12.2 Å². The fourth-order valence-corrected chi connectivity index (χ4v) is 2.27. The first-order valence-corrected chi connectivity index (χ1v) is 6.26. The zero-order chi connectivity index (χ0) is 11.8. The quantitative estimate of drug-likeness (QED) is 0.507. The number of thiocarbonyl (C=S) groups is 1. The van der Waals surface area contributed by atoms with E-state index in [9.17, 15) is 0 Å². The van der Waals surface area contributed by atoms with Crippen LogP contribution in [0.4, 0.5) is 0 Å². The summed E-state index contributed by atoms with van der Waals surface area (Å²) in [6.45, 7) is 4.29. The van der Waals surface area contributed by atoms with Gasteiger partial charge in [0.15, 0.2) is 0 Å². The lowest BCUT2D eigenvalue weighted by Gasteiger charge is -2.23. The lowest BCUT2D eigenvalue weighted by molar-refractivity contribution is 0.0856. The number of ether oxygens (including phenoxy) is 2. The number of hydrogen-bond acceptors (Lipinski definition) is 4. The molecule has 1 fully saturated rings. The molecule has 0 radical (unpaired) electrons. The molecule has 94 valence electrons. The summed E-state index contributed by atoms with van der Waals surface area (Å²) in [5.74, 6) is 0. The highest BCUT2D eigenvalue weighted by atomic mass is 32.1. The van der Waals surface area contributed by atoms with Gasteiger partial charge in [0, 0.05) is 26.9 Å². The molecule has 0 aromatic rings. The van der Waals surface area contributed by atoms with Crippen LogP contribution in [0.1, 0.15) is 19.3 Å². The molecule has 1 saturated heterocycles. The van der Waals surface area contributed by atoms with Gasteiger partial charge < -0.3 is 15.2 Å². The number of nitrogens with zero attached hydrogens (tertiary/aromatic N) is 1. The molecule has 1 atom stereocenters. The highest BCUT2D eigenvalue weighted by Crippen LogP contribution is 2.16. The van der Waals surface area contributed by atoms with Crippen LogP contribution in [0.25, 0.3) is 0 Å². The highest BCUT2D eigenvalue weighted by molar-refractivity contribution is 7.80. The second-order valence-corrected chi connectivity index (χ2v) is 4.53. The molecule has 0 amide bonds. The van der Waals surface area contributed by atoms with Crippen LogP contribution in [0.5, 0.6) is 0 Å². The zero-order valence-corrected chi connectivity index (χ0v) is 10.8. The molecule has 2 N–H and O–H groups in total. The molecule has 1 aliphatic heterocycles. The van der Waals surface area contributed by atoms with Gasteiger partial charge in [0.1, 0.15) is 0 Å². The van der Waals surface area contributed by atoms with Crippen molar-refractivity contribution >= 4 is 17.2 Å². The first-order chi connectivity index (χ1) is 7.75. The fraction of sp³-hybridized carbons (Fsp3) is 0.909. The van der Waals surface area contributed by atoms with Gasteiger partial charge in [-0.05, 0) is 25.8 Å². The Morgan fingerprint density at radius 2 is 2.25 bits per heavy atom. The molecule has 0 bridgehead atoms. The van der Waals surface area contributed by atoms with Gasteiger partial charge in [-0.15, -0.1) is 0 Å². The van der Waals surface area contributed by atoms with Crippen LogP contribution in [0, 0.1) is 0 Å². The van der Waals surface area contributed by atoms with E-state index in [0.29, 0.717) is 4.99 Å². The molecule has 0 spiro atoms. The molecule has 5 heteroatoms. The summed E-state index contributed by atoms with van der Waals surface area (Å²) in [6, 6.07) is 0.289. The molecule has 1 unspecified atom stereocenters. The van der Waals surface area contributed by atoms with Crippen LogP contribution >= 0.6 is 12.2 Å². The Labute approximate surface area is 103 Å². The Morgan fingerprint density at radius 3 is 2.94 bits per heavy atom. The normalized spacial score (nSPS) is 21.4. The van der Waals surface area contributed by atoms with Gasteiger partial charge in [0.25, 0.3) is 0 Å². The van der Waals surface area contributed by atoms with Crippen LogP contribution in [-0.2, 0) is 9.47 Å². The molecular weight excluding hydrogens is 224 g/mol. The Kier molecular flexibility index (Phi) is 6.87. The molecule has 1 rings (SSSR count). The van der Waals surface area contributed by atoms with Gasteiger partial charge in [-0.25, -0.2) is 0 Å². The van der Waals surface area contributed by atoms with Gasteiger partial charge in [-0.3, -0.25) is 4.90 Å². The van der Waals surface area contributed by atoms with E-state index < -0.39 is 0 Å². The predicted molar refractivity (Wildman–Crippen MR) is 68.7 cm³/mol. The Bertz CT molecular complexity index is 214. The van der Waals surface area contributed by atoms with Crippen LogP contribution in [-0.4, -0.2) is 56.0 Å². The first kappa shape index (κ1) is 13.8. The topological polar surface area (TPSA) is 47.7 Å². The summed E-state index contributed by atoms with van der Waals surface area (Å²) in [5, 5.41) is 0. The van der Waals surface area contributed by atoms with E-state index in [1.54, 1.807) is 7.11 Å². The minimum Gasteiger partial charge on any atom is -0.392 e. The Hall–Kier alpha value is -0.230. The van der Waals surface area contributed by atoms with Gasteiger partial charge in [0.2, 0.25) is 0 Å². The monoisotopic (exact) mass is 246 g/mol. The maximum atomic E-state index is 5.69. The molecular formula is C11H22N2O2S. The van der Waals surface area contributed by atoms with Gasteiger partial charge >= 0.3 is 0 Å². The molecule has 0 saturated carbocycles. The average Bonchev–Trinajstić information content (AvgIpc) is 2.71. The third-order valence-corrected chi connectivity index (χ3v) is 3.12. The van der Waals surface area contributed by atoms with E-state index in [-0.39, 0.29) is 6.04 Å². The van der Waals surface area contributed by atoms with Gasteiger partial charge in [-0.2, -0.15) is 0 Å². The molecule has 0 aliphatic carbocycles. The SMILES string of the molecule is COCCCOCCN1CCCC1C(N)=S. The van der Waals surface area contributed by atoms with Crippen molar-refractivity contribution in [2.24, 2.45) is 5.73 Å². The van der Waals surface area contributed by atoms with Crippen molar-refractivity contribution in [3.63, 3.8) is 0 Å². The Balaban J connectivity index is 2.05. The van der Waals surface area contributed by atoms with Crippen molar-refractivity contribution in [2.75, 3.05) is 40.0 Å². The zero-order valence-electron chi connectivity index (χ0n) is 9.98. The van der Waals surface area contributed by atoms with E-state index in [2.05, 4.69) is 4.90 Å². The fourth-order valence-electron chi connectivity index (χ4n) is 2.01. The molecule has 0 aromatic carbocycles. The van der Waals surface area contributed by atoms with E-state index in [4.69, 9.17) is 27.4 Å². The minimum absolute atomic E-state index is 0.289. The molecule has 0 aromatic heterocycles. The lowest BCUT2D eigenvalue weighted by Crippen LogP contribution is -2.40. The van der Waals surface area contributed by atoms with Crippen LogP contribution in [0.2, 0.25) is 0 Å². The molecule has 1 heterocycles. The largest absolute Gasteiger partial charge is 0.392 e. The molecule has 1 aliphatic rings. The third kappa shape index (κ3) is 4.74. The predicted octanol–water partition coefficient (Wildman–Crippen LogP) is 0.790. The number of hydrogen-bond donors (Lipinski definition) is 1. The van der Waals surface area contributed by atoms with Crippen molar-refractivity contribution in [2.45, 2.75) is 25.3 Å². The highest BCUT2D eigenvalue weighted by Gasteiger charge is 2.25. The third-order valence-electron chi connectivity index (χ3n) is 2.85. The summed E-state index contributed by atoms with van der Waals surface area (Å²) in [5.41, 5.74) is 5.69. The smallest absolute Gasteiger partial charge is 0.0902 e. The Morgan fingerprint density at radius 1 is 1.44 bits per heavy atom. The first-order valence-electron chi connectivity index (χ1n) is 5.85. The number of likely N-dealkylation sites (tertiary alicyclic amines) is 1. The summed E-state index contributed by atoms with van der Waals surface area (Å²) in [6.07, 6.45) is 3.24. The lowest BCUT2D eigenvalue weighted by atomic mass is 10.2. The van der Waals surface area contributed by atoms with E-state index in [1.165, 1.54) is 6.42 Å². The van der Waals surface area contributed by atoms with Gasteiger partial charge in [0.05, 0.1) is 17.6 Å². The van der Waals surface area contributed by atoms with Crippen molar-refractivity contribution < 1.29 is 9.47 Å². The molecule has 16 heavy (non-hydrogen) atoms. The number of nitrogens with two attached hydrogens (primary N) is 1. The summed E-state index contributed by atoms with van der Waals surface area (Å²) >= 11 is 5.05. The summed E-state index contributed by atoms with van der Waals surface area (Å²) in [7, 11) is 1.71. The van der Waals surface area contributed by atoms with Crippen LogP contribution in [0.15, 0.2) is 0 Å². The summed E-state index contributed by atoms with van der Waals surface area (Å²) < 4.78 is 10.5. The average molecular weight is 246 g/mol. The minimum atomic E-state index is 0.289. The van der Waals surface area contributed by atoms with Crippen molar-refractivity contribution in [3.8, 4) is 0 Å². The molecule has 4 nitrogen and oxygen atoms in total. The van der Waals surface area contributed by atoms with Crippen molar-refractivity contribution in [1.82, 2.24) is 4.90 Å². The number of methoxy groups -OCH3 is 1. The second kappa shape index (κ2) is 7.95.